The van der Waals surface area contributed by atoms with Crippen molar-refractivity contribution in [2.75, 3.05) is 17.2 Å². The first kappa shape index (κ1) is 13.6. The van der Waals surface area contributed by atoms with Gasteiger partial charge in [0, 0.05) is 6.54 Å². The number of rotatable bonds is 5. The van der Waals surface area contributed by atoms with Crippen LogP contribution < -0.4 is 10.6 Å². The van der Waals surface area contributed by atoms with Crippen LogP contribution in [0.1, 0.15) is 13.3 Å². The first-order valence-electron chi connectivity index (χ1n) is 6.12. The molecule has 0 spiro atoms. The van der Waals surface area contributed by atoms with E-state index in [9.17, 15) is 4.39 Å². The Labute approximate surface area is 116 Å². The second kappa shape index (κ2) is 6.38. The normalized spacial score (nSPS) is 10.3. The highest BCUT2D eigenvalue weighted by Crippen LogP contribution is 2.24. The van der Waals surface area contributed by atoms with Gasteiger partial charge in [-0.15, -0.1) is 0 Å². The van der Waals surface area contributed by atoms with Crippen LogP contribution in [0.2, 0.25) is 5.02 Å². The maximum Gasteiger partial charge on any atom is 0.165 e. The van der Waals surface area contributed by atoms with Gasteiger partial charge >= 0.3 is 0 Å². The van der Waals surface area contributed by atoms with Gasteiger partial charge in [0.25, 0.3) is 0 Å². The van der Waals surface area contributed by atoms with Crippen LogP contribution in [-0.2, 0) is 0 Å². The average molecular weight is 280 g/mol. The van der Waals surface area contributed by atoms with E-state index < -0.39 is 5.82 Å². The first-order valence-corrected chi connectivity index (χ1v) is 6.50. The first-order chi connectivity index (χ1) is 9.20. The second-order valence-electron chi connectivity index (χ2n) is 4.06. The van der Waals surface area contributed by atoms with Crippen molar-refractivity contribution in [3.05, 3.63) is 47.2 Å². The van der Waals surface area contributed by atoms with Crippen LogP contribution >= 0.6 is 11.6 Å². The fourth-order valence-corrected chi connectivity index (χ4v) is 1.77. The molecule has 0 saturated heterocycles. The zero-order chi connectivity index (χ0) is 13.7. The highest BCUT2D eigenvalue weighted by molar-refractivity contribution is 6.31. The molecule has 5 heteroatoms. The van der Waals surface area contributed by atoms with E-state index in [1.54, 1.807) is 18.2 Å². The summed E-state index contributed by atoms with van der Waals surface area (Å²) in [6, 6.07) is 10.3. The number of anilines is 3. The molecule has 1 heterocycles. The third kappa shape index (κ3) is 3.58. The Morgan fingerprint density at radius 2 is 1.89 bits per heavy atom. The van der Waals surface area contributed by atoms with E-state index in [1.807, 2.05) is 12.1 Å². The Hall–Kier alpha value is -1.81. The zero-order valence-corrected chi connectivity index (χ0v) is 11.3. The van der Waals surface area contributed by atoms with Gasteiger partial charge in [0.1, 0.15) is 11.6 Å². The highest BCUT2D eigenvalue weighted by Gasteiger charge is 2.06. The van der Waals surface area contributed by atoms with Crippen molar-refractivity contribution < 1.29 is 4.39 Å². The maximum absolute atomic E-state index is 13.8. The molecule has 3 nitrogen and oxygen atoms in total. The number of hydrogen-bond acceptors (Lipinski definition) is 3. The van der Waals surface area contributed by atoms with Crippen molar-refractivity contribution in [3.63, 3.8) is 0 Å². The minimum Gasteiger partial charge on any atom is -0.370 e. The van der Waals surface area contributed by atoms with Crippen LogP contribution in [-0.4, -0.2) is 11.5 Å². The third-order valence-electron chi connectivity index (χ3n) is 2.52. The molecule has 1 aromatic carbocycles. The third-order valence-corrected chi connectivity index (χ3v) is 2.81. The van der Waals surface area contributed by atoms with Crippen molar-refractivity contribution in [2.45, 2.75) is 13.3 Å². The zero-order valence-electron chi connectivity index (χ0n) is 10.6. The Morgan fingerprint density at radius 1 is 1.16 bits per heavy atom. The fourth-order valence-electron chi connectivity index (χ4n) is 1.59. The quantitative estimate of drug-likeness (QED) is 0.849. The van der Waals surface area contributed by atoms with Gasteiger partial charge in [0.2, 0.25) is 0 Å². The van der Waals surface area contributed by atoms with E-state index in [4.69, 9.17) is 11.6 Å². The van der Waals surface area contributed by atoms with Crippen molar-refractivity contribution in [1.82, 2.24) is 4.98 Å². The number of pyridine rings is 1. The Balaban J connectivity index is 2.16. The SMILES string of the molecule is CCCNc1cccc(Nc2cccc(Cl)c2F)n1. The highest BCUT2D eigenvalue weighted by atomic mass is 35.5. The molecule has 1 aromatic heterocycles. The van der Waals surface area contributed by atoms with E-state index in [1.165, 1.54) is 6.07 Å². The van der Waals surface area contributed by atoms with Gasteiger partial charge < -0.3 is 10.6 Å². The summed E-state index contributed by atoms with van der Waals surface area (Å²) in [6.45, 7) is 2.93. The van der Waals surface area contributed by atoms with Crippen molar-refractivity contribution >= 4 is 28.9 Å². The molecule has 0 aliphatic heterocycles. The van der Waals surface area contributed by atoms with E-state index in [0.717, 1.165) is 18.8 Å². The molecular formula is C14H15ClFN3. The monoisotopic (exact) mass is 279 g/mol. The van der Waals surface area contributed by atoms with Crippen LogP contribution in [0.25, 0.3) is 0 Å². The Morgan fingerprint density at radius 3 is 2.68 bits per heavy atom. The predicted molar refractivity (Wildman–Crippen MR) is 77.7 cm³/mol. The minimum atomic E-state index is -0.474. The summed E-state index contributed by atoms with van der Waals surface area (Å²) in [5, 5.41) is 6.18. The van der Waals surface area contributed by atoms with Gasteiger partial charge in [-0.1, -0.05) is 30.7 Å². The van der Waals surface area contributed by atoms with Gasteiger partial charge in [-0.25, -0.2) is 9.37 Å². The summed E-state index contributed by atoms with van der Waals surface area (Å²) in [7, 11) is 0. The Kier molecular flexibility index (Phi) is 4.58. The van der Waals surface area contributed by atoms with Gasteiger partial charge in [0.15, 0.2) is 5.82 Å². The second-order valence-corrected chi connectivity index (χ2v) is 4.47. The van der Waals surface area contributed by atoms with Gasteiger partial charge in [-0.2, -0.15) is 0 Å². The lowest BCUT2D eigenvalue weighted by Gasteiger charge is -2.09. The van der Waals surface area contributed by atoms with Gasteiger partial charge in [0.05, 0.1) is 10.7 Å². The molecule has 0 aliphatic rings. The lowest BCUT2D eigenvalue weighted by atomic mass is 10.3. The molecule has 2 aromatic rings. The molecular weight excluding hydrogens is 265 g/mol. The fraction of sp³-hybridized carbons (Fsp3) is 0.214. The van der Waals surface area contributed by atoms with Crippen LogP contribution in [0.3, 0.4) is 0 Å². The number of nitrogens with one attached hydrogen (secondary N) is 2. The molecule has 0 unspecified atom stereocenters. The van der Waals surface area contributed by atoms with Crippen LogP contribution in [0.15, 0.2) is 36.4 Å². The number of halogens is 2. The lowest BCUT2D eigenvalue weighted by molar-refractivity contribution is 0.632. The summed E-state index contributed by atoms with van der Waals surface area (Å²) in [4.78, 5) is 4.34. The minimum absolute atomic E-state index is 0.0882. The molecule has 0 atom stereocenters. The summed E-state index contributed by atoms with van der Waals surface area (Å²) in [5.41, 5.74) is 0.313. The van der Waals surface area contributed by atoms with E-state index in [-0.39, 0.29) is 5.02 Å². The Bertz CT molecular complexity index is 560. The molecule has 0 saturated carbocycles. The number of nitrogens with zero attached hydrogens (tertiary/aromatic N) is 1. The van der Waals surface area contributed by atoms with E-state index in [0.29, 0.717) is 11.5 Å². The molecule has 0 radical (unpaired) electrons. The van der Waals surface area contributed by atoms with Crippen LogP contribution in [0.5, 0.6) is 0 Å². The molecule has 0 amide bonds. The molecule has 2 rings (SSSR count). The molecule has 0 bridgehead atoms. The standard InChI is InChI=1S/C14H15ClFN3/c1-2-9-17-12-7-4-8-13(19-12)18-11-6-3-5-10(15)14(11)16/h3-8H,2,9H2,1H3,(H2,17,18,19). The number of aromatic nitrogens is 1. The summed E-state index contributed by atoms with van der Waals surface area (Å²) >= 11 is 5.73. The van der Waals surface area contributed by atoms with Crippen molar-refractivity contribution in [2.24, 2.45) is 0 Å². The van der Waals surface area contributed by atoms with Crippen LogP contribution in [0, 0.1) is 5.82 Å². The smallest absolute Gasteiger partial charge is 0.165 e. The van der Waals surface area contributed by atoms with Crippen molar-refractivity contribution in [3.8, 4) is 0 Å². The van der Waals surface area contributed by atoms with Crippen molar-refractivity contribution in [1.29, 1.82) is 0 Å². The summed E-state index contributed by atoms with van der Waals surface area (Å²) < 4.78 is 13.8. The topological polar surface area (TPSA) is 37.0 Å². The van der Waals surface area contributed by atoms with Gasteiger partial charge in [-0.3, -0.25) is 0 Å². The van der Waals surface area contributed by atoms with E-state index >= 15 is 0 Å². The molecule has 100 valence electrons. The summed E-state index contributed by atoms with van der Waals surface area (Å²) in [6.07, 6.45) is 1.02. The number of benzene rings is 1. The molecule has 0 aliphatic carbocycles. The maximum atomic E-state index is 13.8. The van der Waals surface area contributed by atoms with Crippen LogP contribution in [0.4, 0.5) is 21.7 Å². The summed E-state index contributed by atoms with van der Waals surface area (Å²) in [5.74, 6) is 0.856. The van der Waals surface area contributed by atoms with Gasteiger partial charge in [-0.05, 0) is 30.7 Å². The largest absolute Gasteiger partial charge is 0.370 e. The molecule has 0 fully saturated rings. The molecule has 2 N–H and O–H groups in total. The number of hydrogen-bond donors (Lipinski definition) is 2. The average Bonchev–Trinajstić information content (AvgIpc) is 2.42. The van der Waals surface area contributed by atoms with E-state index in [2.05, 4.69) is 22.5 Å². The molecule has 19 heavy (non-hydrogen) atoms. The lowest BCUT2D eigenvalue weighted by Crippen LogP contribution is -2.03. The predicted octanol–water partition coefficient (Wildman–Crippen LogP) is 4.44.